The van der Waals surface area contributed by atoms with Crippen molar-refractivity contribution in [3.63, 3.8) is 0 Å². The van der Waals surface area contributed by atoms with Crippen molar-refractivity contribution in [3.8, 4) is 0 Å². The van der Waals surface area contributed by atoms with Crippen molar-refractivity contribution >= 4 is 10.0 Å². The second kappa shape index (κ2) is 4.67. The summed E-state index contributed by atoms with van der Waals surface area (Å²) in [4.78, 5) is 3.55. The van der Waals surface area contributed by atoms with E-state index in [2.05, 4.69) is 9.71 Å². The molecule has 1 saturated carbocycles. The standard InChI is InChI=1S/C10H14FN3O2S/c11-8-2-1-5-13-10(8)17(15,16)14-9(6-12)7-3-4-7/h1-2,5,7,9,14H,3-4,6,12H2. The fraction of sp³-hybridized carbons (Fsp3) is 0.500. The predicted molar refractivity (Wildman–Crippen MR) is 60.1 cm³/mol. The second-order valence-corrected chi connectivity index (χ2v) is 5.72. The van der Waals surface area contributed by atoms with E-state index in [0.717, 1.165) is 18.9 Å². The lowest BCUT2D eigenvalue weighted by Gasteiger charge is -2.15. The lowest BCUT2D eigenvalue weighted by atomic mass is 10.2. The Kier molecular flexibility index (Phi) is 3.41. The molecular weight excluding hydrogens is 245 g/mol. The third-order valence-corrected chi connectivity index (χ3v) is 4.15. The highest BCUT2D eigenvalue weighted by Crippen LogP contribution is 2.32. The smallest absolute Gasteiger partial charge is 0.261 e. The average Bonchev–Trinajstić information content (AvgIpc) is 3.10. The van der Waals surface area contributed by atoms with Gasteiger partial charge in [-0.05, 0) is 30.9 Å². The topological polar surface area (TPSA) is 85.1 Å². The summed E-state index contributed by atoms with van der Waals surface area (Å²) in [6.45, 7) is 0.207. The van der Waals surface area contributed by atoms with Gasteiger partial charge < -0.3 is 5.73 Å². The van der Waals surface area contributed by atoms with Gasteiger partial charge in [-0.1, -0.05) is 0 Å². The number of nitrogens with two attached hydrogens (primary N) is 1. The molecule has 3 N–H and O–H groups in total. The van der Waals surface area contributed by atoms with Crippen LogP contribution in [0.15, 0.2) is 23.4 Å². The van der Waals surface area contributed by atoms with Crippen LogP contribution in [0, 0.1) is 11.7 Å². The lowest BCUT2D eigenvalue weighted by Crippen LogP contribution is -2.42. The molecule has 0 saturated heterocycles. The Labute approximate surface area is 99.3 Å². The highest BCUT2D eigenvalue weighted by Gasteiger charge is 2.34. The van der Waals surface area contributed by atoms with E-state index < -0.39 is 20.9 Å². The lowest BCUT2D eigenvalue weighted by molar-refractivity contribution is 0.505. The van der Waals surface area contributed by atoms with Gasteiger partial charge in [0.25, 0.3) is 10.0 Å². The first-order valence-electron chi connectivity index (χ1n) is 5.37. The van der Waals surface area contributed by atoms with Crippen molar-refractivity contribution in [2.24, 2.45) is 11.7 Å². The molecule has 94 valence electrons. The third-order valence-electron chi connectivity index (χ3n) is 2.73. The van der Waals surface area contributed by atoms with E-state index in [0.29, 0.717) is 0 Å². The monoisotopic (exact) mass is 259 g/mol. The fourth-order valence-electron chi connectivity index (χ4n) is 1.66. The van der Waals surface area contributed by atoms with Gasteiger partial charge in [-0.2, -0.15) is 0 Å². The summed E-state index contributed by atoms with van der Waals surface area (Å²) >= 11 is 0. The maximum absolute atomic E-state index is 13.3. The molecular formula is C10H14FN3O2S. The fourth-order valence-corrected chi connectivity index (χ4v) is 2.98. The van der Waals surface area contributed by atoms with E-state index in [4.69, 9.17) is 5.73 Å². The van der Waals surface area contributed by atoms with Crippen LogP contribution in [-0.2, 0) is 10.0 Å². The van der Waals surface area contributed by atoms with Crippen LogP contribution in [0.3, 0.4) is 0 Å². The molecule has 5 nitrogen and oxygen atoms in total. The molecule has 1 fully saturated rings. The minimum atomic E-state index is -3.92. The van der Waals surface area contributed by atoms with Crippen molar-refractivity contribution in [3.05, 3.63) is 24.1 Å². The molecule has 1 aromatic rings. The van der Waals surface area contributed by atoms with E-state index in [9.17, 15) is 12.8 Å². The molecule has 1 aliphatic carbocycles. The zero-order valence-corrected chi connectivity index (χ0v) is 9.95. The molecule has 0 radical (unpaired) electrons. The van der Waals surface area contributed by atoms with E-state index >= 15 is 0 Å². The Bertz CT molecular complexity index is 502. The highest BCUT2D eigenvalue weighted by molar-refractivity contribution is 7.89. The van der Waals surface area contributed by atoms with Gasteiger partial charge in [0.05, 0.1) is 0 Å². The number of sulfonamides is 1. The van der Waals surface area contributed by atoms with Crippen molar-refractivity contribution in [1.29, 1.82) is 0 Å². The molecule has 0 amide bonds. The first-order chi connectivity index (χ1) is 8.04. The van der Waals surface area contributed by atoms with Crippen LogP contribution in [-0.4, -0.2) is 26.0 Å². The van der Waals surface area contributed by atoms with E-state index in [-0.39, 0.29) is 18.5 Å². The van der Waals surface area contributed by atoms with Gasteiger partial charge in [-0.15, -0.1) is 0 Å². The first kappa shape index (κ1) is 12.4. The van der Waals surface area contributed by atoms with E-state index in [1.165, 1.54) is 12.3 Å². The van der Waals surface area contributed by atoms with Crippen LogP contribution in [0.4, 0.5) is 4.39 Å². The number of hydrogen-bond donors (Lipinski definition) is 2. The maximum Gasteiger partial charge on any atom is 0.261 e. The Morgan fingerprint density at radius 3 is 2.82 bits per heavy atom. The van der Waals surface area contributed by atoms with Crippen LogP contribution < -0.4 is 10.5 Å². The van der Waals surface area contributed by atoms with Crippen LogP contribution >= 0.6 is 0 Å². The van der Waals surface area contributed by atoms with Crippen LogP contribution in [0.2, 0.25) is 0 Å². The van der Waals surface area contributed by atoms with Crippen LogP contribution in [0.1, 0.15) is 12.8 Å². The zero-order chi connectivity index (χ0) is 12.5. The Morgan fingerprint density at radius 1 is 1.59 bits per heavy atom. The number of nitrogens with zero attached hydrogens (tertiary/aromatic N) is 1. The van der Waals surface area contributed by atoms with Gasteiger partial charge in [0.15, 0.2) is 5.82 Å². The molecule has 1 aromatic heterocycles. The number of halogens is 1. The summed E-state index contributed by atoms with van der Waals surface area (Å²) in [6, 6.07) is 2.08. The van der Waals surface area contributed by atoms with Crippen molar-refractivity contribution in [2.75, 3.05) is 6.54 Å². The molecule has 0 aromatic carbocycles. The van der Waals surface area contributed by atoms with Gasteiger partial charge in [0, 0.05) is 18.8 Å². The molecule has 1 heterocycles. The van der Waals surface area contributed by atoms with E-state index in [1.807, 2.05) is 0 Å². The zero-order valence-electron chi connectivity index (χ0n) is 9.14. The largest absolute Gasteiger partial charge is 0.329 e. The third kappa shape index (κ3) is 2.80. The summed E-state index contributed by atoms with van der Waals surface area (Å²) in [5.41, 5.74) is 5.50. The molecule has 0 spiro atoms. The van der Waals surface area contributed by atoms with Gasteiger partial charge in [-0.3, -0.25) is 0 Å². The molecule has 1 atom stereocenters. The quantitative estimate of drug-likeness (QED) is 0.793. The number of hydrogen-bond acceptors (Lipinski definition) is 4. The summed E-state index contributed by atoms with van der Waals surface area (Å²) < 4.78 is 39.5. The maximum atomic E-state index is 13.3. The number of nitrogens with one attached hydrogen (secondary N) is 1. The van der Waals surface area contributed by atoms with Gasteiger partial charge in [0.2, 0.25) is 5.03 Å². The normalized spacial score (nSPS) is 18.0. The molecule has 0 bridgehead atoms. The molecule has 2 rings (SSSR count). The predicted octanol–water partition coefficient (Wildman–Crippen LogP) is 0.236. The highest BCUT2D eigenvalue weighted by atomic mass is 32.2. The molecule has 1 aliphatic rings. The number of rotatable bonds is 5. The minimum absolute atomic E-state index is 0.207. The summed E-state index contributed by atoms with van der Waals surface area (Å²) in [5, 5.41) is -0.570. The SMILES string of the molecule is NCC(NS(=O)(=O)c1ncccc1F)C1CC1. The Morgan fingerprint density at radius 2 is 2.29 bits per heavy atom. The van der Waals surface area contributed by atoms with Crippen LogP contribution in [0.25, 0.3) is 0 Å². The summed E-state index contributed by atoms with van der Waals surface area (Å²) in [6.07, 6.45) is 3.15. The van der Waals surface area contributed by atoms with Gasteiger partial charge >= 0.3 is 0 Å². The molecule has 17 heavy (non-hydrogen) atoms. The van der Waals surface area contributed by atoms with Crippen molar-refractivity contribution in [1.82, 2.24) is 9.71 Å². The van der Waals surface area contributed by atoms with Gasteiger partial charge in [-0.25, -0.2) is 22.5 Å². The Balaban J connectivity index is 2.21. The molecule has 1 unspecified atom stereocenters. The van der Waals surface area contributed by atoms with E-state index in [1.54, 1.807) is 0 Å². The molecule has 0 aliphatic heterocycles. The first-order valence-corrected chi connectivity index (χ1v) is 6.86. The van der Waals surface area contributed by atoms with Crippen molar-refractivity contribution in [2.45, 2.75) is 23.9 Å². The molecule has 7 heteroatoms. The summed E-state index contributed by atoms with van der Waals surface area (Å²) in [7, 11) is -3.92. The summed E-state index contributed by atoms with van der Waals surface area (Å²) in [5.74, 6) is -0.590. The van der Waals surface area contributed by atoms with Crippen LogP contribution in [0.5, 0.6) is 0 Å². The van der Waals surface area contributed by atoms with Crippen molar-refractivity contribution < 1.29 is 12.8 Å². The number of pyridine rings is 1. The average molecular weight is 259 g/mol. The number of aromatic nitrogens is 1. The second-order valence-electron chi connectivity index (χ2n) is 4.09. The Hall–Kier alpha value is -1.05. The van der Waals surface area contributed by atoms with Gasteiger partial charge in [0.1, 0.15) is 0 Å². The minimum Gasteiger partial charge on any atom is -0.329 e.